The topological polar surface area (TPSA) is 9.23 Å². The Morgan fingerprint density at radius 2 is 1.82 bits per heavy atom. The van der Waals surface area contributed by atoms with Gasteiger partial charge in [0.2, 0.25) is 0 Å². The van der Waals surface area contributed by atoms with Crippen molar-refractivity contribution in [2.45, 2.75) is 37.0 Å². The van der Waals surface area contributed by atoms with Crippen molar-refractivity contribution in [2.75, 3.05) is 13.4 Å². The summed E-state index contributed by atoms with van der Waals surface area (Å²) >= 11 is 5.26. The normalized spacial score (nSPS) is 35.1. The Morgan fingerprint density at radius 3 is 2.18 bits per heavy atom. The van der Waals surface area contributed by atoms with Crippen molar-refractivity contribution in [2.24, 2.45) is 0 Å². The Bertz CT molecular complexity index is 139. The number of rotatable bonds is 2. The lowest BCUT2D eigenvalue weighted by Crippen LogP contribution is -2.25. The second-order valence-corrected chi connectivity index (χ2v) is 6.37. The van der Waals surface area contributed by atoms with Crippen LogP contribution in [0.5, 0.6) is 0 Å². The molecule has 0 spiro atoms. The van der Waals surface area contributed by atoms with Gasteiger partial charge in [-0.3, -0.25) is 0 Å². The fourth-order valence-electron chi connectivity index (χ4n) is 1.60. The molecule has 0 heterocycles. The van der Waals surface area contributed by atoms with Gasteiger partial charge >= 0.3 is 0 Å². The smallest absolute Gasteiger partial charge is 0.0572 e. The molecule has 1 saturated carbocycles. The van der Waals surface area contributed by atoms with E-state index in [1.54, 1.807) is 0 Å². The Morgan fingerprint density at radius 1 is 1.27 bits per heavy atom. The number of hydrogen-bond acceptors (Lipinski definition) is 2. The highest BCUT2D eigenvalue weighted by Gasteiger charge is 2.20. The molecule has 0 aliphatic heterocycles. The highest BCUT2D eigenvalue weighted by Crippen LogP contribution is 2.23. The van der Waals surface area contributed by atoms with Crippen LogP contribution >= 0.6 is 0 Å². The van der Waals surface area contributed by atoms with Crippen LogP contribution in [0.2, 0.25) is 0 Å². The zero-order chi connectivity index (χ0) is 8.27. The van der Waals surface area contributed by atoms with Gasteiger partial charge in [-0.25, -0.2) is 0 Å². The minimum absolute atomic E-state index is 0.209. The van der Waals surface area contributed by atoms with E-state index in [9.17, 15) is 0 Å². The molecule has 0 radical (unpaired) electrons. The summed E-state index contributed by atoms with van der Waals surface area (Å²) in [5, 5.41) is 0.802. The van der Waals surface area contributed by atoms with Gasteiger partial charge in [0.05, 0.1) is 6.10 Å². The van der Waals surface area contributed by atoms with Crippen molar-refractivity contribution in [1.82, 2.24) is 0 Å². The van der Waals surface area contributed by atoms with E-state index in [1.807, 2.05) is 7.11 Å². The SMILES string of the molecule is COC1CCC(S(C)=S)CC1. The summed E-state index contributed by atoms with van der Waals surface area (Å²) < 4.78 is 5.29. The first kappa shape index (κ1) is 9.62. The largest absolute Gasteiger partial charge is 0.381 e. The van der Waals surface area contributed by atoms with Crippen LogP contribution in [0.15, 0.2) is 0 Å². The molecule has 1 nitrogen and oxygen atoms in total. The molecule has 1 atom stereocenters. The Labute approximate surface area is 76.1 Å². The summed E-state index contributed by atoms with van der Waals surface area (Å²) in [4.78, 5) is 0. The zero-order valence-electron chi connectivity index (χ0n) is 7.21. The number of ether oxygens (including phenoxy) is 1. The average Bonchev–Trinajstić information content (AvgIpc) is 2.05. The summed E-state index contributed by atoms with van der Waals surface area (Å²) in [6.45, 7) is 0. The molecule has 0 bridgehead atoms. The molecule has 0 aromatic rings. The zero-order valence-corrected chi connectivity index (χ0v) is 8.84. The van der Waals surface area contributed by atoms with E-state index in [0.29, 0.717) is 6.10 Å². The molecular weight excluding hydrogens is 176 g/mol. The fourth-order valence-corrected chi connectivity index (χ4v) is 3.11. The maximum atomic E-state index is 5.29. The number of methoxy groups -OCH3 is 1. The molecule has 1 aliphatic carbocycles. The first-order valence-corrected chi connectivity index (χ1v) is 6.71. The highest BCUT2D eigenvalue weighted by atomic mass is 32.8. The van der Waals surface area contributed by atoms with E-state index in [-0.39, 0.29) is 9.45 Å². The third kappa shape index (κ3) is 2.80. The van der Waals surface area contributed by atoms with Crippen molar-refractivity contribution in [3.8, 4) is 0 Å². The first-order valence-electron chi connectivity index (χ1n) is 4.09. The average molecular weight is 192 g/mol. The second-order valence-electron chi connectivity index (χ2n) is 3.13. The van der Waals surface area contributed by atoms with E-state index in [0.717, 1.165) is 5.25 Å². The molecule has 1 fully saturated rings. The predicted molar refractivity (Wildman–Crippen MR) is 53.7 cm³/mol. The molecule has 0 aromatic carbocycles. The summed E-state index contributed by atoms with van der Waals surface area (Å²) in [7, 11) is 2.02. The molecule has 1 rings (SSSR count). The monoisotopic (exact) mass is 192 g/mol. The van der Waals surface area contributed by atoms with Gasteiger partial charge in [-0.05, 0) is 31.9 Å². The summed E-state index contributed by atoms with van der Waals surface area (Å²) in [5.74, 6) is 0. The standard InChI is InChI=1S/C8H16OS2/c1-9-7-3-5-8(6-4-7)11(2)10/h7-8H,3-6H2,1-2H3. The lowest BCUT2D eigenvalue weighted by molar-refractivity contribution is 0.0723. The predicted octanol–water partition coefficient (Wildman–Crippen LogP) is 1.65. The Balaban J connectivity index is 2.30. The molecule has 66 valence electrons. The van der Waals surface area contributed by atoms with Gasteiger partial charge in [-0.2, -0.15) is 0 Å². The van der Waals surface area contributed by atoms with Crippen LogP contribution in [0, 0.1) is 0 Å². The van der Waals surface area contributed by atoms with Crippen molar-refractivity contribution in [3.63, 3.8) is 0 Å². The quantitative estimate of drug-likeness (QED) is 0.658. The van der Waals surface area contributed by atoms with Gasteiger partial charge in [-0.15, -0.1) is 9.45 Å². The van der Waals surface area contributed by atoms with Crippen molar-refractivity contribution < 1.29 is 4.74 Å². The second kappa shape index (κ2) is 4.53. The van der Waals surface area contributed by atoms with E-state index in [1.165, 1.54) is 25.7 Å². The third-order valence-electron chi connectivity index (χ3n) is 2.42. The van der Waals surface area contributed by atoms with Crippen LogP contribution in [0.25, 0.3) is 0 Å². The van der Waals surface area contributed by atoms with E-state index < -0.39 is 0 Å². The van der Waals surface area contributed by atoms with Crippen LogP contribution in [-0.2, 0) is 25.4 Å². The summed E-state index contributed by atoms with van der Waals surface area (Å²) in [6, 6.07) is 0. The summed E-state index contributed by atoms with van der Waals surface area (Å²) in [5.41, 5.74) is 0. The maximum Gasteiger partial charge on any atom is 0.0572 e. The molecule has 0 N–H and O–H groups in total. The van der Waals surface area contributed by atoms with Crippen molar-refractivity contribution >= 4 is 20.6 Å². The maximum absolute atomic E-state index is 5.29. The minimum Gasteiger partial charge on any atom is -0.381 e. The Hall–Kier alpha value is 0.530. The molecule has 0 amide bonds. The number of hydrogen-bond donors (Lipinski definition) is 0. The lowest BCUT2D eigenvalue weighted by atomic mass is 9.97. The summed E-state index contributed by atoms with van der Waals surface area (Å²) in [6.07, 6.45) is 7.69. The molecule has 0 saturated heterocycles. The molecule has 3 heteroatoms. The van der Waals surface area contributed by atoms with Crippen molar-refractivity contribution in [3.05, 3.63) is 0 Å². The van der Waals surface area contributed by atoms with Gasteiger partial charge in [0, 0.05) is 12.4 Å². The van der Waals surface area contributed by atoms with E-state index in [4.69, 9.17) is 15.9 Å². The van der Waals surface area contributed by atoms with E-state index in [2.05, 4.69) is 6.26 Å². The molecule has 1 aliphatic rings. The van der Waals surface area contributed by atoms with Crippen LogP contribution < -0.4 is 0 Å². The highest BCUT2D eigenvalue weighted by molar-refractivity contribution is 8.28. The van der Waals surface area contributed by atoms with Crippen LogP contribution in [0.4, 0.5) is 0 Å². The lowest BCUT2D eigenvalue weighted by Gasteiger charge is -2.27. The fraction of sp³-hybridized carbons (Fsp3) is 1.00. The molecule has 1 unspecified atom stereocenters. The molecule has 11 heavy (non-hydrogen) atoms. The van der Waals surface area contributed by atoms with E-state index >= 15 is 0 Å². The van der Waals surface area contributed by atoms with Gasteiger partial charge in [0.25, 0.3) is 0 Å². The first-order chi connectivity index (χ1) is 5.24. The third-order valence-corrected chi connectivity index (χ3v) is 4.65. The molecular formula is C8H16OS2. The molecule has 0 aromatic heterocycles. The van der Waals surface area contributed by atoms with Crippen molar-refractivity contribution in [1.29, 1.82) is 0 Å². The van der Waals surface area contributed by atoms with Gasteiger partial charge in [0.1, 0.15) is 0 Å². The van der Waals surface area contributed by atoms with Crippen LogP contribution in [0.1, 0.15) is 25.7 Å². The van der Waals surface area contributed by atoms with Crippen LogP contribution in [-0.4, -0.2) is 24.7 Å². The van der Waals surface area contributed by atoms with Gasteiger partial charge in [0.15, 0.2) is 0 Å². The minimum atomic E-state index is 0.209. The van der Waals surface area contributed by atoms with Crippen LogP contribution in [0.3, 0.4) is 0 Å². The van der Waals surface area contributed by atoms with Gasteiger partial charge < -0.3 is 4.74 Å². The Kier molecular flexibility index (Phi) is 3.96. The van der Waals surface area contributed by atoms with Gasteiger partial charge in [-0.1, -0.05) is 11.2 Å².